The lowest BCUT2D eigenvalue weighted by Crippen LogP contribution is -2.44. The highest BCUT2D eigenvalue weighted by Crippen LogP contribution is 2.19. The number of hydrogen-bond donors (Lipinski definition) is 0. The van der Waals surface area contributed by atoms with E-state index in [2.05, 4.69) is 4.90 Å². The van der Waals surface area contributed by atoms with Crippen molar-refractivity contribution in [3.63, 3.8) is 0 Å². The van der Waals surface area contributed by atoms with Crippen LogP contribution >= 0.6 is 0 Å². The zero-order valence-corrected chi connectivity index (χ0v) is 13.2. The molecule has 2 aromatic rings. The number of halogens is 2. The van der Waals surface area contributed by atoms with Crippen molar-refractivity contribution < 1.29 is 22.7 Å². The van der Waals surface area contributed by atoms with Crippen LogP contribution in [0.4, 0.5) is 8.78 Å². The van der Waals surface area contributed by atoms with Gasteiger partial charge in [-0.1, -0.05) is 6.08 Å². The van der Waals surface area contributed by atoms with Crippen LogP contribution in [0.15, 0.2) is 47.1 Å². The van der Waals surface area contributed by atoms with Gasteiger partial charge in [0.05, 0.1) is 12.9 Å². The van der Waals surface area contributed by atoms with Gasteiger partial charge in [0.2, 0.25) is 0 Å². The molecule has 3 rings (SSSR count). The van der Waals surface area contributed by atoms with Gasteiger partial charge in [-0.3, -0.25) is 4.90 Å². The lowest BCUT2D eigenvalue weighted by atomic mass is 10.2. The van der Waals surface area contributed by atoms with Crippen molar-refractivity contribution >= 4 is 6.08 Å². The van der Waals surface area contributed by atoms with E-state index in [1.165, 1.54) is 0 Å². The monoisotopic (exact) mass is 335 g/mol. The van der Waals surface area contributed by atoms with Crippen molar-refractivity contribution in [1.82, 2.24) is 4.90 Å². The first kappa shape index (κ1) is 16.7. The molecule has 0 aliphatic carbocycles. The van der Waals surface area contributed by atoms with Crippen LogP contribution in [0.2, 0.25) is 0 Å². The molecule has 1 saturated heterocycles. The fourth-order valence-electron chi connectivity index (χ4n) is 2.52. The Morgan fingerprint density at radius 3 is 3.04 bits per heavy atom. The second kappa shape index (κ2) is 8.08. The molecule has 1 unspecified atom stereocenters. The number of nitrogens with zero attached hydrogens (tertiary/aromatic N) is 1. The molecule has 4 nitrogen and oxygen atoms in total. The van der Waals surface area contributed by atoms with Crippen molar-refractivity contribution in [2.45, 2.75) is 6.10 Å². The van der Waals surface area contributed by atoms with E-state index in [1.54, 1.807) is 6.26 Å². The Bertz CT molecular complexity index is 673. The van der Waals surface area contributed by atoms with Crippen LogP contribution < -0.4 is 4.74 Å². The molecule has 0 amide bonds. The second-order valence-electron chi connectivity index (χ2n) is 5.56. The van der Waals surface area contributed by atoms with E-state index < -0.39 is 11.6 Å². The third kappa shape index (κ3) is 4.66. The summed E-state index contributed by atoms with van der Waals surface area (Å²) < 4.78 is 42.9. The Morgan fingerprint density at radius 2 is 2.21 bits per heavy atom. The van der Waals surface area contributed by atoms with Crippen molar-refractivity contribution in [3.05, 3.63) is 60.1 Å². The number of rotatable bonds is 6. The highest BCUT2D eigenvalue weighted by Gasteiger charge is 2.20. The van der Waals surface area contributed by atoms with Crippen molar-refractivity contribution in [3.8, 4) is 5.75 Å². The van der Waals surface area contributed by atoms with Crippen LogP contribution in [0.1, 0.15) is 5.76 Å². The predicted octanol–water partition coefficient (Wildman–Crippen LogP) is 3.35. The summed E-state index contributed by atoms with van der Waals surface area (Å²) in [4.78, 5) is 2.21. The molecule has 0 bridgehead atoms. The van der Waals surface area contributed by atoms with Gasteiger partial charge in [-0.15, -0.1) is 0 Å². The number of furan rings is 1. The van der Waals surface area contributed by atoms with Gasteiger partial charge in [0.15, 0.2) is 11.6 Å². The van der Waals surface area contributed by atoms with Gasteiger partial charge in [0, 0.05) is 25.7 Å². The molecule has 2 heterocycles. The smallest absolute Gasteiger partial charge is 0.165 e. The average Bonchev–Trinajstić information content (AvgIpc) is 3.09. The molecule has 0 spiro atoms. The van der Waals surface area contributed by atoms with Crippen molar-refractivity contribution in [1.29, 1.82) is 0 Å². The third-order valence-corrected chi connectivity index (χ3v) is 3.73. The molecule has 1 aliphatic heterocycles. The van der Waals surface area contributed by atoms with Crippen LogP contribution in [0.3, 0.4) is 0 Å². The maximum atomic E-state index is 13.5. The maximum absolute atomic E-state index is 13.5. The first-order valence-electron chi connectivity index (χ1n) is 7.82. The lowest BCUT2D eigenvalue weighted by Gasteiger charge is -2.32. The minimum absolute atomic E-state index is 0.0894. The molecule has 0 saturated carbocycles. The molecule has 1 fully saturated rings. The largest absolute Gasteiger partial charge is 0.488 e. The zero-order chi connectivity index (χ0) is 16.8. The number of benzene rings is 1. The zero-order valence-electron chi connectivity index (χ0n) is 13.2. The fourth-order valence-corrected chi connectivity index (χ4v) is 2.52. The van der Waals surface area contributed by atoms with Gasteiger partial charge in [-0.25, -0.2) is 8.78 Å². The van der Waals surface area contributed by atoms with Crippen LogP contribution in [0.5, 0.6) is 5.75 Å². The Kier molecular flexibility index (Phi) is 5.61. The van der Waals surface area contributed by atoms with Crippen LogP contribution in [-0.2, 0) is 4.74 Å². The molecular formula is C18H19F2NO3. The molecule has 1 aliphatic rings. The Morgan fingerprint density at radius 1 is 1.29 bits per heavy atom. The van der Waals surface area contributed by atoms with E-state index in [0.29, 0.717) is 13.2 Å². The van der Waals surface area contributed by atoms with E-state index in [4.69, 9.17) is 13.9 Å². The molecule has 0 N–H and O–H groups in total. The van der Waals surface area contributed by atoms with Crippen LogP contribution in [0.25, 0.3) is 6.08 Å². The molecule has 0 radical (unpaired) electrons. The topological polar surface area (TPSA) is 34.8 Å². The summed E-state index contributed by atoms with van der Waals surface area (Å²) in [5.41, 5.74) is 0. The normalized spacial score (nSPS) is 19.0. The molecular weight excluding hydrogens is 316 g/mol. The Labute approximate surface area is 139 Å². The van der Waals surface area contributed by atoms with Gasteiger partial charge >= 0.3 is 0 Å². The predicted molar refractivity (Wildman–Crippen MR) is 85.8 cm³/mol. The summed E-state index contributed by atoms with van der Waals surface area (Å²) in [6, 6.07) is 6.89. The first-order valence-corrected chi connectivity index (χ1v) is 7.82. The molecule has 1 aromatic heterocycles. The van der Waals surface area contributed by atoms with Crippen molar-refractivity contribution in [2.24, 2.45) is 0 Å². The van der Waals surface area contributed by atoms with E-state index in [9.17, 15) is 8.78 Å². The van der Waals surface area contributed by atoms with Crippen LogP contribution in [0, 0.1) is 11.6 Å². The summed E-state index contributed by atoms with van der Waals surface area (Å²) in [6.45, 7) is 2.99. The van der Waals surface area contributed by atoms with E-state index in [0.717, 1.165) is 37.0 Å². The van der Waals surface area contributed by atoms with Crippen LogP contribution in [-0.4, -0.2) is 43.9 Å². The van der Waals surface area contributed by atoms with E-state index in [1.807, 2.05) is 24.3 Å². The fraction of sp³-hybridized carbons (Fsp3) is 0.333. The summed E-state index contributed by atoms with van der Waals surface area (Å²) in [7, 11) is 0. The standard InChI is InChI=1S/C18H19F2NO3/c19-14-5-6-17(20)18(11-14)24-13-16-12-21(8-10-23-16)7-1-3-15-4-2-9-22-15/h1-6,9,11,16H,7-8,10,12-13H2/b3-1-. The highest BCUT2D eigenvalue weighted by molar-refractivity contribution is 5.42. The van der Waals surface area contributed by atoms with E-state index >= 15 is 0 Å². The van der Waals surface area contributed by atoms with Gasteiger partial charge in [-0.05, 0) is 30.3 Å². The molecule has 24 heavy (non-hydrogen) atoms. The quantitative estimate of drug-likeness (QED) is 0.811. The SMILES string of the molecule is Fc1ccc(F)c(OCC2CN(C/C=C\c3ccco3)CCO2)c1. The lowest BCUT2D eigenvalue weighted by molar-refractivity contribution is -0.0451. The first-order chi connectivity index (χ1) is 11.7. The Hall–Kier alpha value is -2.18. The molecule has 1 aromatic carbocycles. The Balaban J connectivity index is 1.47. The van der Waals surface area contributed by atoms with E-state index in [-0.39, 0.29) is 18.5 Å². The maximum Gasteiger partial charge on any atom is 0.165 e. The minimum Gasteiger partial charge on any atom is -0.488 e. The summed E-state index contributed by atoms with van der Waals surface area (Å²) in [5, 5.41) is 0. The summed E-state index contributed by atoms with van der Waals surface area (Å²) >= 11 is 0. The average molecular weight is 335 g/mol. The third-order valence-electron chi connectivity index (χ3n) is 3.73. The van der Waals surface area contributed by atoms with Crippen molar-refractivity contribution in [2.75, 3.05) is 32.8 Å². The minimum atomic E-state index is -0.578. The van der Waals surface area contributed by atoms with Gasteiger partial charge in [0.1, 0.15) is 24.3 Å². The number of morpholine rings is 1. The summed E-state index contributed by atoms with van der Waals surface area (Å²) in [5.74, 6) is -0.385. The molecule has 1 atom stereocenters. The molecule has 6 heteroatoms. The number of ether oxygens (including phenoxy) is 2. The van der Waals surface area contributed by atoms with Gasteiger partial charge in [-0.2, -0.15) is 0 Å². The summed E-state index contributed by atoms with van der Waals surface area (Å²) in [6.07, 6.45) is 5.39. The second-order valence-corrected chi connectivity index (χ2v) is 5.56. The number of hydrogen-bond acceptors (Lipinski definition) is 4. The van der Waals surface area contributed by atoms with Gasteiger partial charge in [0.25, 0.3) is 0 Å². The van der Waals surface area contributed by atoms with Gasteiger partial charge < -0.3 is 13.9 Å². The molecule has 128 valence electrons. The highest BCUT2D eigenvalue weighted by atomic mass is 19.1.